The Morgan fingerprint density at radius 3 is 2.53 bits per heavy atom. The summed E-state index contributed by atoms with van der Waals surface area (Å²) in [6.45, 7) is 4.22. The molecule has 106 valence electrons. The first-order valence-corrected chi connectivity index (χ1v) is 7.35. The van der Waals surface area contributed by atoms with E-state index < -0.39 is 11.7 Å². The molecule has 1 aliphatic rings. The topological polar surface area (TPSA) is 29.5 Å². The lowest BCUT2D eigenvalue weighted by Gasteiger charge is -2.42. The molecule has 0 radical (unpaired) electrons. The van der Waals surface area contributed by atoms with E-state index in [9.17, 15) is 5.11 Å². The van der Waals surface area contributed by atoms with Crippen LogP contribution in [0.15, 0.2) is 18.2 Å². The zero-order valence-electron chi connectivity index (χ0n) is 11.9. The summed E-state index contributed by atoms with van der Waals surface area (Å²) in [5.74, 6) is 0.720. The van der Waals surface area contributed by atoms with Crippen LogP contribution in [0.3, 0.4) is 0 Å². The van der Waals surface area contributed by atoms with Crippen molar-refractivity contribution in [2.75, 3.05) is 7.11 Å². The Hall–Kier alpha value is -0.570. The molecule has 19 heavy (non-hydrogen) atoms. The molecule has 2 rings (SSSR count). The third-order valence-corrected chi connectivity index (χ3v) is 4.94. The van der Waals surface area contributed by atoms with Crippen LogP contribution in [0.4, 0.5) is 0 Å². The lowest BCUT2D eigenvalue weighted by Crippen LogP contribution is -2.41. The van der Waals surface area contributed by atoms with Crippen LogP contribution in [0.1, 0.15) is 49.8 Å². The average molecular weight is 283 g/mol. The van der Waals surface area contributed by atoms with E-state index in [2.05, 4.69) is 6.92 Å². The summed E-state index contributed by atoms with van der Waals surface area (Å²) in [7, 11) is 1.70. The number of aliphatic hydroxyl groups is 1. The van der Waals surface area contributed by atoms with Gasteiger partial charge in [-0.3, -0.25) is 0 Å². The standard InChI is InChI=1S/C16H23ClO2/c1-11-6-8-16(19-3,9-7-11)15(18)13-5-4-12(2)14(17)10-13/h4-5,10-11,15,18H,6-9H2,1-3H3. The average Bonchev–Trinajstić information content (AvgIpc) is 2.42. The van der Waals surface area contributed by atoms with E-state index in [4.69, 9.17) is 16.3 Å². The minimum Gasteiger partial charge on any atom is -0.385 e. The second-order valence-corrected chi connectivity index (χ2v) is 6.27. The highest BCUT2D eigenvalue weighted by molar-refractivity contribution is 6.31. The molecule has 0 heterocycles. The van der Waals surface area contributed by atoms with Gasteiger partial charge < -0.3 is 9.84 Å². The van der Waals surface area contributed by atoms with Gasteiger partial charge in [0.25, 0.3) is 0 Å². The second kappa shape index (κ2) is 5.82. The highest BCUT2D eigenvalue weighted by atomic mass is 35.5. The van der Waals surface area contributed by atoms with Crippen molar-refractivity contribution in [3.05, 3.63) is 34.3 Å². The molecule has 0 amide bonds. The Labute approximate surface area is 120 Å². The molecule has 0 spiro atoms. The van der Waals surface area contributed by atoms with E-state index in [1.54, 1.807) is 7.11 Å². The number of hydrogen-bond donors (Lipinski definition) is 1. The highest BCUT2D eigenvalue weighted by Gasteiger charge is 2.41. The first-order valence-electron chi connectivity index (χ1n) is 6.98. The third-order valence-electron chi connectivity index (χ3n) is 4.54. The molecular weight excluding hydrogens is 260 g/mol. The minimum atomic E-state index is -0.608. The number of rotatable bonds is 3. The summed E-state index contributed by atoms with van der Waals surface area (Å²) < 4.78 is 5.72. The van der Waals surface area contributed by atoms with E-state index in [-0.39, 0.29) is 0 Å². The first-order chi connectivity index (χ1) is 8.98. The molecule has 1 saturated carbocycles. The Balaban J connectivity index is 2.25. The van der Waals surface area contributed by atoms with Gasteiger partial charge in [-0.2, -0.15) is 0 Å². The van der Waals surface area contributed by atoms with E-state index >= 15 is 0 Å². The smallest absolute Gasteiger partial charge is 0.108 e. The van der Waals surface area contributed by atoms with Gasteiger partial charge in [-0.05, 0) is 55.7 Å². The number of methoxy groups -OCH3 is 1. The number of hydrogen-bond acceptors (Lipinski definition) is 2. The van der Waals surface area contributed by atoms with Gasteiger partial charge in [-0.1, -0.05) is 30.7 Å². The summed E-state index contributed by atoms with van der Waals surface area (Å²) in [5.41, 5.74) is 1.43. The molecule has 1 atom stereocenters. The van der Waals surface area contributed by atoms with Crippen LogP contribution in [0.25, 0.3) is 0 Å². The molecule has 0 aliphatic heterocycles. The summed E-state index contributed by atoms with van der Waals surface area (Å²) in [6, 6.07) is 5.76. The summed E-state index contributed by atoms with van der Waals surface area (Å²) in [4.78, 5) is 0. The highest BCUT2D eigenvalue weighted by Crippen LogP contribution is 2.43. The molecule has 1 aromatic carbocycles. The molecular formula is C16H23ClO2. The Morgan fingerprint density at radius 2 is 2.00 bits per heavy atom. The van der Waals surface area contributed by atoms with Gasteiger partial charge in [-0.15, -0.1) is 0 Å². The molecule has 1 N–H and O–H groups in total. The van der Waals surface area contributed by atoms with Crippen LogP contribution in [0.5, 0.6) is 0 Å². The first kappa shape index (κ1) is 14.8. The van der Waals surface area contributed by atoms with Crippen molar-refractivity contribution in [2.24, 2.45) is 5.92 Å². The quantitative estimate of drug-likeness (QED) is 0.897. The molecule has 1 fully saturated rings. The number of halogens is 1. The Morgan fingerprint density at radius 1 is 1.37 bits per heavy atom. The summed E-state index contributed by atoms with van der Waals surface area (Å²) >= 11 is 6.16. The summed E-state index contributed by atoms with van der Waals surface area (Å²) in [6.07, 6.45) is 3.40. The van der Waals surface area contributed by atoms with Crippen LogP contribution < -0.4 is 0 Å². The number of aliphatic hydroxyl groups excluding tert-OH is 1. The van der Waals surface area contributed by atoms with Crippen LogP contribution in [-0.2, 0) is 4.74 Å². The number of benzene rings is 1. The Kier molecular flexibility index (Phi) is 4.54. The second-order valence-electron chi connectivity index (χ2n) is 5.86. The number of aryl methyl sites for hydroxylation is 1. The zero-order chi connectivity index (χ0) is 14.0. The molecule has 1 aliphatic carbocycles. The van der Waals surface area contributed by atoms with Crippen LogP contribution in [-0.4, -0.2) is 17.8 Å². The van der Waals surface area contributed by atoms with E-state index in [1.807, 2.05) is 25.1 Å². The predicted molar refractivity (Wildman–Crippen MR) is 78.5 cm³/mol. The molecule has 0 bridgehead atoms. The monoisotopic (exact) mass is 282 g/mol. The van der Waals surface area contributed by atoms with Gasteiger partial charge in [-0.25, -0.2) is 0 Å². The van der Waals surface area contributed by atoms with Crippen molar-refractivity contribution in [3.8, 4) is 0 Å². The minimum absolute atomic E-state index is 0.453. The Bertz CT molecular complexity index is 436. The van der Waals surface area contributed by atoms with Crippen molar-refractivity contribution in [2.45, 2.75) is 51.2 Å². The van der Waals surface area contributed by atoms with Crippen molar-refractivity contribution < 1.29 is 9.84 Å². The van der Waals surface area contributed by atoms with Crippen molar-refractivity contribution in [1.29, 1.82) is 0 Å². The lowest BCUT2D eigenvalue weighted by atomic mass is 9.74. The molecule has 1 unspecified atom stereocenters. The van der Waals surface area contributed by atoms with Gasteiger partial charge in [0.05, 0.1) is 5.60 Å². The van der Waals surface area contributed by atoms with E-state index in [0.29, 0.717) is 5.02 Å². The summed E-state index contributed by atoms with van der Waals surface area (Å²) in [5, 5.41) is 11.4. The van der Waals surface area contributed by atoms with E-state index in [0.717, 1.165) is 42.7 Å². The molecule has 2 nitrogen and oxygen atoms in total. The maximum absolute atomic E-state index is 10.7. The fourth-order valence-electron chi connectivity index (χ4n) is 2.92. The van der Waals surface area contributed by atoms with Crippen molar-refractivity contribution in [1.82, 2.24) is 0 Å². The van der Waals surface area contributed by atoms with Gasteiger partial charge in [0, 0.05) is 12.1 Å². The number of ether oxygens (including phenoxy) is 1. The molecule has 3 heteroatoms. The van der Waals surface area contributed by atoms with E-state index in [1.165, 1.54) is 0 Å². The zero-order valence-corrected chi connectivity index (χ0v) is 12.7. The third kappa shape index (κ3) is 2.96. The fraction of sp³-hybridized carbons (Fsp3) is 0.625. The molecule has 0 saturated heterocycles. The van der Waals surface area contributed by atoms with Gasteiger partial charge in [0.2, 0.25) is 0 Å². The van der Waals surface area contributed by atoms with Crippen molar-refractivity contribution in [3.63, 3.8) is 0 Å². The van der Waals surface area contributed by atoms with Crippen LogP contribution in [0, 0.1) is 12.8 Å². The fourth-order valence-corrected chi connectivity index (χ4v) is 3.11. The largest absolute Gasteiger partial charge is 0.385 e. The predicted octanol–water partition coefficient (Wildman–Crippen LogP) is 4.28. The maximum atomic E-state index is 10.7. The van der Waals surface area contributed by atoms with Gasteiger partial charge >= 0.3 is 0 Å². The maximum Gasteiger partial charge on any atom is 0.108 e. The SMILES string of the molecule is COC1(C(O)c2ccc(C)c(Cl)c2)CCC(C)CC1. The molecule has 0 aromatic heterocycles. The lowest BCUT2D eigenvalue weighted by molar-refractivity contribution is -0.130. The van der Waals surface area contributed by atoms with Crippen LogP contribution >= 0.6 is 11.6 Å². The van der Waals surface area contributed by atoms with Gasteiger partial charge in [0.15, 0.2) is 0 Å². The van der Waals surface area contributed by atoms with Gasteiger partial charge in [0.1, 0.15) is 6.10 Å². The molecule has 1 aromatic rings. The van der Waals surface area contributed by atoms with Crippen LogP contribution in [0.2, 0.25) is 5.02 Å². The normalized spacial score (nSPS) is 29.2. The van der Waals surface area contributed by atoms with Crippen molar-refractivity contribution >= 4 is 11.6 Å².